The van der Waals surface area contributed by atoms with E-state index in [-0.39, 0.29) is 12.1 Å². The topological polar surface area (TPSA) is 0 Å². The van der Waals surface area contributed by atoms with Crippen LogP contribution in [0, 0.1) is 46.5 Å². The first-order chi connectivity index (χ1) is 10.3. The molecule has 0 spiro atoms. The first-order valence-corrected chi connectivity index (χ1v) is 5.67. The minimum Gasteiger partial charge on any atom is -0.206 e. The maximum Gasteiger partial charge on any atom is 0.195 e. The molecule has 0 atom stereocenters. The fourth-order valence-electron chi connectivity index (χ4n) is 2.26. The normalized spacial score (nSPS) is 11.6. The Morgan fingerprint density at radius 1 is 0.409 bits per heavy atom. The van der Waals surface area contributed by atoms with Crippen molar-refractivity contribution < 1.29 is 35.1 Å². The van der Waals surface area contributed by atoms with Crippen molar-refractivity contribution in [2.24, 2.45) is 0 Å². The third kappa shape index (κ3) is 1.69. The quantitative estimate of drug-likeness (QED) is 0.234. The van der Waals surface area contributed by atoms with E-state index < -0.39 is 68.1 Å². The molecule has 3 aromatic rings. The number of hydrogen-bond acceptors (Lipinski definition) is 0. The molecule has 0 aliphatic heterocycles. The van der Waals surface area contributed by atoms with Gasteiger partial charge in [0.1, 0.15) is 17.5 Å². The van der Waals surface area contributed by atoms with E-state index in [2.05, 4.69) is 0 Å². The van der Waals surface area contributed by atoms with E-state index in [1.807, 2.05) is 0 Å². The largest absolute Gasteiger partial charge is 0.206 e. The highest BCUT2D eigenvalue weighted by molar-refractivity contribution is 6.00. The van der Waals surface area contributed by atoms with Crippen molar-refractivity contribution in [2.45, 2.75) is 0 Å². The van der Waals surface area contributed by atoms with Crippen molar-refractivity contribution in [1.82, 2.24) is 0 Å². The van der Waals surface area contributed by atoms with Gasteiger partial charge in [0.25, 0.3) is 0 Å². The Morgan fingerprint density at radius 2 is 1.00 bits per heavy atom. The Hall–Kier alpha value is -2.38. The summed E-state index contributed by atoms with van der Waals surface area (Å²) in [5, 5.41) is -5.42. The minimum absolute atomic E-state index is 0.0394. The predicted molar refractivity (Wildman–Crippen MR) is 61.1 cm³/mol. The standard InChI is InChI=1S/C14H2F8/c15-4-2-6(17)11(19)9-8(4)10(18)3-1-5(16)12(20)14(22)7(3)13(9)21/h1-2H. The Morgan fingerprint density at radius 3 is 1.64 bits per heavy atom. The second-order valence-electron chi connectivity index (χ2n) is 4.44. The molecule has 0 aliphatic carbocycles. The molecule has 0 saturated heterocycles. The fourth-order valence-corrected chi connectivity index (χ4v) is 2.26. The summed E-state index contributed by atoms with van der Waals surface area (Å²) in [7, 11) is 0. The van der Waals surface area contributed by atoms with Gasteiger partial charge in [0.05, 0.1) is 16.2 Å². The Kier molecular flexibility index (Phi) is 3.01. The predicted octanol–water partition coefficient (Wildman–Crippen LogP) is 5.11. The summed E-state index contributed by atoms with van der Waals surface area (Å²) in [6, 6.07) is 0.0640. The van der Waals surface area contributed by atoms with E-state index in [9.17, 15) is 35.1 Å². The van der Waals surface area contributed by atoms with Crippen LogP contribution in [-0.2, 0) is 0 Å². The summed E-state index contributed by atoms with van der Waals surface area (Å²) in [5.41, 5.74) is 0. The molecule has 0 aromatic heterocycles. The molecule has 0 N–H and O–H groups in total. The van der Waals surface area contributed by atoms with Crippen LogP contribution in [0.5, 0.6) is 0 Å². The highest BCUT2D eigenvalue weighted by atomic mass is 19.2. The van der Waals surface area contributed by atoms with Crippen LogP contribution in [0.2, 0.25) is 0 Å². The van der Waals surface area contributed by atoms with Gasteiger partial charge in [0.2, 0.25) is 0 Å². The van der Waals surface area contributed by atoms with Gasteiger partial charge >= 0.3 is 0 Å². The minimum atomic E-state index is -2.13. The lowest BCUT2D eigenvalue weighted by Crippen LogP contribution is -2.02. The zero-order chi connectivity index (χ0) is 16.3. The molecule has 0 saturated carbocycles. The molecule has 0 heterocycles. The number of benzene rings is 3. The highest BCUT2D eigenvalue weighted by Crippen LogP contribution is 2.37. The average Bonchev–Trinajstić information content (AvgIpc) is 2.45. The maximum atomic E-state index is 14.2. The average molecular weight is 322 g/mol. The summed E-state index contributed by atoms with van der Waals surface area (Å²) in [6.45, 7) is 0. The number of rotatable bonds is 0. The van der Waals surface area contributed by atoms with E-state index in [0.29, 0.717) is 0 Å². The lowest BCUT2D eigenvalue weighted by atomic mass is 10.00. The summed E-state index contributed by atoms with van der Waals surface area (Å²) in [6.07, 6.45) is 0. The Bertz CT molecular complexity index is 961. The summed E-state index contributed by atoms with van der Waals surface area (Å²) >= 11 is 0. The van der Waals surface area contributed by atoms with Crippen LogP contribution in [0.4, 0.5) is 35.1 Å². The lowest BCUT2D eigenvalue weighted by molar-refractivity contribution is 0.450. The van der Waals surface area contributed by atoms with Crippen LogP contribution < -0.4 is 0 Å². The second-order valence-corrected chi connectivity index (χ2v) is 4.44. The molecule has 114 valence electrons. The molecule has 0 bridgehead atoms. The van der Waals surface area contributed by atoms with Gasteiger partial charge in [-0.05, 0) is 6.07 Å². The van der Waals surface area contributed by atoms with Crippen LogP contribution in [0.25, 0.3) is 21.5 Å². The monoisotopic (exact) mass is 322 g/mol. The van der Waals surface area contributed by atoms with Crippen molar-refractivity contribution in [3.63, 3.8) is 0 Å². The molecule has 0 radical (unpaired) electrons. The van der Waals surface area contributed by atoms with Gasteiger partial charge in [-0.25, -0.2) is 35.1 Å². The summed E-state index contributed by atoms with van der Waals surface area (Å²) in [5.74, 6) is -15.2. The van der Waals surface area contributed by atoms with Crippen molar-refractivity contribution >= 4 is 21.5 Å². The first-order valence-electron chi connectivity index (χ1n) is 5.67. The maximum absolute atomic E-state index is 14.2. The molecule has 3 rings (SSSR count). The molecule has 22 heavy (non-hydrogen) atoms. The van der Waals surface area contributed by atoms with Gasteiger partial charge in [-0.1, -0.05) is 0 Å². The smallest absolute Gasteiger partial charge is 0.195 e. The van der Waals surface area contributed by atoms with Gasteiger partial charge in [-0.15, -0.1) is 0 Å². The van der Waals surface area contributed by atoms with Crippen molar-refractivity contribution in [1.29, 1.82) is 0 Å². The lowest BCUT2D eigenvalue weighted by Gasteiger charge is -2.11. The number of hydrogen-bond donors (Lipinski definition) is 0. The van der Waals surface area contributed by atoms with Crippen LogP contribution in [-0.4, -0.2) is 0 Å². The number of fused-ring (bicyclic) bond motifs is 2. The summed E-state index contributed by atoms with van der Waals surface area (Å²) in [4.78, 5) is 0. The van der Waals surface area contributed by atoms with Crippen LogP contribution in [0.3, 0.4) is 0 Å². The molecule has 3 aromatic carbocycles. The van der Waals surface area contributed by atoms with Gasteiger partial charge in [0.15, 0.2) is 29.1 Å². The Labute approximate surface area is 116 Å². The van der Waals surface area contributed by atoms with Gasteiger partial charge in [-0.2, -0.15) is 0 Å². The highest BCUT2D eigenvalue weighted by Gasteiger charge is 2.27. The molecule has 8 heteroatoms. The van der Waals surface area contributed by atoms with Gasteiger partial charge in [-0.3, -0.25) is 0 Å². The SMILES string of the molecule is Fc1cc2c(F)c3c(F)cc(F)c(F)c3c(F)c2c(F)c1F. The number of halogens is 8. The first kappa shape index (κ1) is 14.6. The van der Waals surface area contributed by atoms with Crippen LogP contribution >= 0.6 is 0 Å². The molecule has 0 unspecified atom stereocenters. The van der Waals surface area contributed by atoms with E-state index in [1.165, 1.54) is 0 Å². The van der Waals surface area contributed by atoms with E-state index in [1.54, 1.807) is 0 Å². The van der Waals surface area contributed by atoms with Crippen molar-refractivity contribution in [3.05, 3.63) is 58.7 Å². The third-order valence-corrected chi connectivity index (χ3v) is 3.23. The van der Waals surface area contributed by atoms with Crippen molar-refractivity contribution in [2.75, 3.05) is 0 Å². The van der Waals surface area contributed by atoms with Gasteiger partial charge < -0.3 is 0 Å². The second kappa shape index (κ2) is 4.56. The Balaban J connectivity index is 2.75. The van der Waals surface area contributed by atoms with E-state index >= 15 is 0 Å². The molecular formula is C14H2F8. The molecule has 0 amide bonds. The van der Waals surface area contributed by atoms with E-state index in [0.717, 1.165) is 0 Å². The zero-order valence-electron chi connectivity index (χ0n) is 10.2. The van der Waals surface area contributed by atoms with Crippen LogP contribution in [0.15, 0.2) is 12.1 Å². The van der Waals surface area contributed by atoms with Crippen LogP contribution in [0.1, 0.15) is 0 Å². The fraction of sp³-hybridized carbons (Fsp3) is 0. The molecule has 0 nitrogen and oxygen atoms in total. The van der Waals surface area contributed by atoms with E-state index in [4.69, 9.17) is 0 Å². The van der Waals surface area contributed by atoms with Crippen molar-refractivity contribution in [3.8, 4) is 0 Å². The third-order valence-electron chi connectivity index (χ3n) is 3.23. The summed E-state index contributed by atoms with van der Waals surface area (Å²) < 4.78 is 109. The zero-order valence-corrected chi connectivity index (χ0v) is 10.2. The molecular weight excluding hydrogens is 320 g/mol. The van der Waals surface area contributed by atoms with Gasteiger partial charge in [0, 0.05) is 11.5 Å². The molecule has 0 fully saturated rings. The molecule has 0 aliphatic rings.